The first-order chi connectivity index (χ1) is 23.9. The van der Waals surface area contributed by atoms with Crippen LogP contribution in [0.4, 0.5) is 11.4 Å². The third-order valence-electron chi connectivity index (χ3n) is 11.3. The standard InChI is InChI=1S/C47H42N2/c1-31-19-25-38-40-28-32(2)46(30-43(40)47(3,4)42(38)27-31)48(35-13-7-5-8-14-35)37-23-20-33(21-24-37)34-22-26-45-41(29-34)39-17-11-12-18-44(39)49(45)36-15-9-6-10-16-36/h5-26,28-32,46H,27H2,1-4H3/t31-,32?,46?/m0/s1. The zero-order valence-corrected chi connectivity index (χ0v) is 28.8. The van der Waals surface area contributed by atoms with Gasteiger partial charge in [0.25, 0.3) is 0 Å². The normalized spacial score (nSPS) is 21.0. The third-order valence-corrected chi connectivity index (χ3v) is 11.3. The van der Waals surface area contributed by atoms with Crippen LogP contribution in [-0.2, 0) is 0 Å². The molecule has 3 aliphatic rings. The Kier molecular flexibility index (Phi) is 6.91. The average Bonchev–Trinajstić information content (AvgIpc) is 3.57. The van der Waals surface area contributed by atoms with Crippen molar-refractivity contribution < 1.29 is 0 Å². The first-order valence-electron chi connectivity index (χ1n) is 17.8. The average molecular weight is 635 g/mol. The molecule has 0 spiro atoms. The van der Waals surface area contributed by atoms with E-state index in [1.807, 2.05) is 0 Å². The minimum Gasteiger partial charge on any atom is -0.334 e. The fraction of sp³-hybridized carbons (Fsp3) is 0.191. The number of aromatic nitrogens is 1. The molecule has 0 saturated carbocycles. The number of anilines is 2. The number of fused-ring (bicyclic) bond motifs is 5. The SMILES string of the molecule is CC1C=C2C(=CC1N(c1ccccc1)c1ccc(-c3ccc4c(c3)c3ccccc3n4-c3ccccc3)cc1)C(C)(C)C1=C2C=C[C@H](C)C1. The molecule has 2 heteroatoms. The first-order valence-corrected chi connectivity index (χ1v) is 17.8. The summed E-state index contributed by atoms with van der Waals surface area (Å²) in [4.78, 5) is 2.55. The van der Waals surface area contributed by atoms with Crippen molar-refractivity contribution in [3.63, 3.8) is 0 Å². The number of rotatable bonds is 5. The number of allylic oxidation sites excluding steroid dienone is 6. The molecular weight excluding hydrogens is 593 g/mol. The van der Waals surface area contributed by atoms with Gasteiger partial charge >= 0.3 is 0 Å². The maximum Gasteiger partial charge on any atom is 0.0588 e. The van der Waals surface area contributed by atoms with Crippen molar-refractivity contribution in [2.45, 2.75) is 40.2 Å². The van der Waals surface area contributed by atoms with Gasteiger partial charge in [0.1, 0.15) is 0 Å². The van der Waals surface area contributed by atoms with Crippen LogP contribution in [0, 0.1) is 17.3 Å². The van der Waals surface area contributed by atoms with E-state index in [0.29, 0.717) is 11.8 Å². The van der Waals surface area contributed by atoms with Crippen molar-refractivity contribution in [1.82, 2.24) is 4.57 Å². The van der Waals surface area contributed by atoms with Crippen LogP contribution in [0.15, 0.2) is 174 Å². The Labute approximate surface area is 290 Å². The van der Waals surface area contributed by atoms with E-state index < -0.39 is 0 Å². The molecule has 9 rings (SSSR count). The van der Waals surface area contributed by atoms with E-state index in [1.54, 1.807) is 5.57 Å². The van der Waals surface area contributed by atoms with Gasteiger partial charge < -0.3 is 9.47 Å². The highest BCUT2D eigenvalue weighted by atomic mass is 15.2. The molecule has 3 atom stereocenters. The summed E-state index contributed by atoms with van der Waals surface area (Å²) in [5.74, 6) is 0.938. The summed E-state index contributed by atoms with van der Waals surface area (Å²) in [7, 11) is 0. The Bertz CT molecular complexity index is 2350. The van der Waals surface area contributed by atoms with Crippen molar-refractivity contribution in [2.75, 3.05) is 4.90 Å². The van der Waals surface area contributed by atoms with Gasteiger partial charge in [0, 0.05) is 33.2 Å². The molecule has 6 aromatic rings. The van der Waals surface area contributed by atoms with Gasteiger partial charge in [-0.2, -0.15) is 0 Å². The van der Waals surface area contributed by atoms with Crippen LogP contribution in [0.2, 0.25) is 0 Å². The lowest BCUT2D eigenvalue weighted by Crippen LogP contribution is -2.37. The van der Waals surface area contributed by atoms with Gasteiger partial charge in [-0.25, -0.2) is 0 Å². The second kappa shape index (κ2) is 11.4. The summed E-state index contributed by atoms with van der Waals surface area (Å²) in [6, 6.07) is 46.7. The Balaban J connectivity index is 1.11. The molecule has 0 aliphatic heterocycles. The topological polar surface area (TPSA) is 8.17 Å². The molecule has 5 aromatic carbocycles. The highest BCUT2D eigenvalue weighted by Gasteiger charge is 2.44. The molecular formula is C47H42N2. The van der Waals surface area contributed by atoms with Crippen molar-refractivity contribution >= 4 is 33.2 Å². The van der Waals surface area contributed by atoms with Crippen molar-refractivity contribution in [3.05, 3.63) is 174 Å². The maximum absolute atomic E-state index is 2.59. The highest BCUT2D eigenvalue weighted by molar-refractivity contribution is 6.10. The lowest BCUT2D eigenvalue weighted by Gasteiger charge is -2.39. The summed E-state index contributed by atoms with van der Waals surface area (Å²) in [5, 5.41) is 2.55. The van der Waals surface area contributed by atoms with E-state index in [2.05, 4.69) is 189 Å². The van der Waals surface area contributed by atoms with Gasteiger partial charge in [0.15, 0.2) is 0 Å². The van der Waals surface area contributed by atoms with E-state index in [0.717, 1.165) is 6.42 Å². The quantitative estimate of drug-likeness (QED) is 0.183. The molecule has 0 radical (unpaired) electrons. The van der Waals surface area contributed by atoms with E-state index >= 15 is 0 Å². The molecule has 0 bridgehead atoms. The summed E-state index contributed by atoms with van der Waals surface area (Å²) in [6.45, 7) is 9.60. The summed E-state index contributed by atoms with van der Waals surface area (Å²) < 4.78 is 2.38. The van der Waals surface area contributed by atoms with Crippen LogP contribution in [0.25, 0.3) is 38.6 Å². The molecule has 1 aromatic heterocycles. The van der Waals surface area contributed by atoms with Crippen LogP contribution in [0.5, 0.6) is 0 Å². The molecule has 49 heavy (non-hydrogen) atoms. The van der Waals surface area contributed by atoms with Gasteiger partial charge in [-0.15, -0.1) is 0 Å². The summed E-state index contributed by atoms with van der Waals surface area (Å²) >= 11 is 0. The highest BCUT2D eigenvalue weighted by Crippen LogP contribution is 2.56. The Morgan fingerprint density at radius 1 is 0.653 bits per heavy atom. The van der Waals surface area contributed by atoms with Gasteiger partial charge in [-0.3, -0.25) is 0 Å². The third kappa shape index (κ3) is 4.76. The minimum absolute atomic E-state index is 0.0348. The zero-order valence-electron chi connectivity index (χ0n) is 28.8. The molecule has 3 aliphatic carbocycles. The van der Waals surface area contributed by atoms with Crippen molar-refractivity contribution in [2.24, 2.45) is 17.3 Å². The molecule has 0 saturated heterocycles. The lowest BCUT2D eigenvalue weighted by molar-refractivity contribution is 0.497. The van der Waals surface area contributed by atoms with E-state index in [4.69, 9.17) is 0 Å². The minimum atomic E-state index is 0.0348. The smallest absolute Gasteiger partial charge is 0.0588 e. The number of para-hydroxylation sites is 3. The second-order valence-corrected chi connectivity index (χ2v) is 14.7. The lowest BCUT2D eigenvalue weighted by atomic mass is 9.74. The van der Waals surface area contributed by atoms with Crippen molar-refractivity contribution in [3.8, 4) is 16.8 Å². The van der Waals surface area contributed by atoms with E-state index in [-0.39, 0.29) is 11.5 Å². The van der Waals surface area contributed by atoms with E-state index in [1.165, 1.54) is 66.7 Å². The number of hydrogen-bond donors (Lipinski definition) is 0. The van der Waals surface area contributed by atoms with Gasteiger partial charge in [0.2, 0.25) is 0 Å². The van der Waals surface area contributed by atoms with Crippen LogP contribution >= 0.6 is 0 Å². The first kappa shape index (κ1) is 29.8. The molecule has 240 valence electrons. The second-order valence-electron chi connectivity index (χ2n) is 14.7. The summed E-state index contributed by atoms with van der Waals surface area (Å²) in [5.41, 5.74) is 14.6. The zero-order chi connectivity index (χ0) is 33.3. The number of hydrogen-bond acceptors (Lipinski definition) is 1. The van der Waals surface area contributed by atoms with Crippen molar-refractivity contribution in [1.29, 1.82) is 0 Å². The number of nitrogens with zero attached hydrogens (tertiary/aromatic N) is 2. The molecule has 2 unspecified atom stereocenters. The maximum atomic E-state index is 2.59. The van der Waals surface area contributed by atoms with Gasteiger partial charge in [-0.05, 0) is 101 Å². The molecule has 2 nitrogen and oxygen atoms in total. The Hall–Kier alpha value is -5.34. The van der Waals surface area contributed by atoms with Gasteiger partial charge in [-0.1, -0.05) is 130 Å². The predicted molar refractivity (Wildman–Crippen MR) is 208 cm³/mol. The fourth-order valence-electron chi connectivity index (χ4n) is 8.73. The van der Waals surface area contributed by atoms with Crippen LogP contribution in [0.1, 0.15) is 34.1 Å². The van der Waals surface area contributed by atoms with Crippen LogP contribution in [0.3, 0.4) is 0 Å². The molecule has 0 fully saturated rings. The summed E-state index contributed by atoms with van der Waals surface area (Å²) in [6.07, 6.45) is 11.1. The molecule has 1 heterocycles. The van der Waals surface area contributed by atoms with E-state index in [9.17, 15) is 0 Å². The predicted octanol–water partition coefficient (Wildman–Crippen LogP) is 12.4. The van der Waals surface area contributed by atoms with Crippen LogP contribution in [-0.4, -0.2) is 10.6 Å². The fourth-order valence-corrected chi connectivity index (χ4v) is 8.73. The Morgan fingerprint density at radius 3 is 2.08 bits per heavy atom. The largest absolute Gasteiger partial charge is 0.334 e. The van der Waals surface area contributed by atoms with Gasteiger partial charge in [0.05, 0.1) is 17.1 Å². The molecule has 0 amide bonds. The molecule has 0 N–H and O–H groups in total. The Morgan fingerprint density at radius 2 is 1.31 bits per heavy atom. The number of benzene rings is 5. The van der Waals surface area contributed by atoms with Crippen LogP contribution < -0.4 is 4.90 Å². The monoisotopic (exact) mass is 634 g/mol.